The Morgan fingerprint density at radius 3 is 2.65 bits per heavy atom. The lowest BCUT2D eigenvalue weighted by atomic mass is 9.74. The van der Waals surface area contributed by atoms with Gasteiger partial charge in [0, 0.05) is 11.7 Å². The topological polar surface area (TPSA) is 32.3 Å². The van der Waals surface area contributed by atoms with Crippen molar-refractivity contribution in [2.45, 2.75) is 38.3 Å². The van der Waals surface area contributed by atoms with Crippen LogP contribution >= 0.6 is 0 Å². The van der Waals surface area contributed by atoms with Crippen molar-refractivity contribution < 1.29 is 5.11 Å². The van der Waals surface area contributed by atoms with Crippen LogP contribution in [0.15, 0.2) is 48.5 Å². The Bertz CT molecular complexity index is 587. The summed E-state index contributed by atoms with van der Waals surface area (Å²) in [6.45, 7) is 2.30. The van der Waals surface area contributed by atoms with Gasteiger partial charge in [-0.05, 0) is 54.5 Å². The molecule has 104 valence electrons. The van der Waals surface area contributed by atoms with Gasteiger partial charge in [-0.15, -0.1) is 0 Å². The Labute approximate surface area is 120 Å². The third kappa shape index (κ3) is 2.70. The summed E-state index contributed by atoms with van der Waals surface area (Å²) in [6, 6.07) is 17.3. The molecule has 0 atom stereocenters. The highest BCUT2D eigenvalue weighted by Crippen LogP contribution is 2.39. The number of benzene rings is 2. The molecule has 1 aliphatic rings. The highest BCUT2D eigenvalue weighted by molar-refractivity contribution is 5.47. The molecular weight excluding hydrogens is 246 g/mol. The molecule has 2 heteroatoms. The van der Waals surface area contributed by atoms with Crippen LogP contribution in [0, 0.1) is 6.92 Å². The van der Waals surface area contributed by atoms with Crippen LogP contribution < -0.4 is 5.32 Å². The Morgan fingerprint density at radius 2 is 1.90 bits per heavy atom. The maximum Gasteiger partial charge on any atom is 0.0682 e. The van der Waals surface area contributed by atoms with Crippen LogP contribution in [0.1, 0.15) is 35.4 Å². The fourth-order valence-corrected chi connectivity index (χ4v) is 3.03. The van der Waals surface area contributed by atoms with Crippen LogP contribution in [0.4, 0.5) is 5.69 Å². The average Bonchev–Trinajstić information content (AvgIpc) is 2.44. The third-order valence-corrected chi connectivity index (χ3v) is 4.25. The molecule has 20 heavy (non-hydrogen) atoms. The predicted molar refractivity (Wildman–Crippen MR) is 82.9 cm³/mol. The molecule has 0 amide bonds. The van der Waals surface area contributed by atoms with Crippen molar-refractivity contribution in [3.63, 3.8) is 0 Å². The largest absolute Gasteiger partial charge is 0.392 e. The maximum absolute atomic E-state index is 9.16. The monoisotopic (exact) mass is 267 g/mol. The van der Waals surface area contributed by atoms with E-state index in [1.807, 2.05) is 18.2 Å². The molecule has 2 N–H and O–H groups in total. The van der Waals surface area contributed by atoms with Crippen molar-refractivity contribution in [3.05, 3.63) is 65.2 Å². The predicted octanol–water partition coefficient (Wildman–Crippen LogP) is 3.85. The lowest BCUT2D eigenvalue weighted by Gasteiger charge is -2.37. The third-order valence-electron chi connectivity index (χ3n) is 4.25. The smallest absolute Gasteiger partial charge is 0.0682 e. The van der Waals surface area contributed by atoms with Gasteiger partial charge >= 0.3 is 0 Å². The lowest BCUT2D eigenvalue weighted by molar-refractivity contribution is 0.282. The molecule has 0 bridgehead atoms. The summed E-state index contributed by atoms with van der Waals surface area (Å²) < 4.78 is 0. The SMILES string of the molecule is Cc1ccccc1C1CC(Nc2cccc(CO)c2)C1. The molecule has 0 spiro atoms. The fraction of sp³-hybridized carbons (Fsp3) is 0.333. The van der Waals surface area contributed by atoms with E-state index < -0.39 is 0 Å². The van der Waals surface area contributed by atoms with Gasteiger partial charge in [0.05, 0.1) is 6.61 Å². The molecule has 2 aromatic carbocycles. The number of hydrogen-bond acceptors (Lipinski definition) is 2. The van der Waals surface area contributed by atoms with E-state index in [1.54, 1.807) is 0 Å². The number of aliphatic hydroxyl groups is 1. The zero-order chi connectivity index (χ0) is 13.9. The van der Waals surface area contributed by atoms with E-state index >= 15 is 0 Å². The minimum absolute atomic E-state index is 0.103. The number of hydrogen-bond donors (Lipinski definition) is 2. The van der Waals surface area contributed by atoms with Crippen molar-refractivity contribution >= 4 is 5.69 Å². The number of nitrogens with one attached hydrogen (secondary N) is 1. The summed E-state index contributed by atoms with van der Waals surface area (Å²) in [4.78, 5) is 0. The van der Waals surface area contributed by atoms with Crippen molar-refractivity contribution in [2.24, 2.45) is 0 Å². The molecule has 0 unspecified atom stereocenters. The van der Waals surface area contributed by atoms with E-state index in [2.05, 4.69) is 42.6 Å². The molecule has 3 rings (SSSR count). The molecule has 2 aromatic rings. The van der Waals surface area contributed by atoms with E-state index in [0.29, 0.717) is 12.0 Å². The molecule has 0 saturated heterocycles. The molecule has 1 aliphatic carbocycles. The maximum atomic E-state index is 9.16. The molecule has 2 nitrogen and oxygen atoms in total. The minimum atomic E-state index is 0.103. The summed E-state index contributed by atoms with van der Waals surface area (Å²) in [6.07, 6.45) is 2.38. The van der Waals surface area contributed by atoms with Crippen molar-refractivity contribution in [1.82, 2.24) is 0 Å². The van der Waals surface area contributed by atoms with Gasteiger partial charge < -0.3 is 10.4 Å². The zero-order valence-electron chi connectivity index (χ0n) is 11.8. The van der Waals surface area contributed by atoms with Gasteiger partial charge in [-0.2, -0.15) is 0 Å². The van der Waals surface area contributed by atoms with E-state index in [4.69, 9.17) is 5.11 Å². The first-order valence-corrected chi connectivity index (χ1v) is 7.28. The van der Waals surface area contributed by atoms with Gasteiger partial charge in [0.1, 0.15) is 0 Å². The van der Waals surface area contributed by atoms with Gasteiger partial charge in [0.2, 0.25) is 0 Å². The van der Waals surface area contributed by atoms with Crippen molar-refractivity contribution in [1.29, 1.82) is 0 Å². The fourth-order valence-electron chi connectivity index (χ4n) is 3.03. The van der Waals surface area contributed by atoms with Crippen LogP contribution in [-0.4, -0.2) is 11.1 Å². The summed E-state index contributed by atoms with van der Waals surface area (Å²) in [5.74, 6) is 0.690. The second-order valence-electron chi connectivity index (χ2n) is 5.72. The lowest BCUT2D eigenvalue weighted by Crippen LogP contribution is -2.34. The highest BCUT2D eigenvalue weighted by Gasteiger charge is 2.30. The molecule has 0 aromatic heterocycles. The van der Waals surface area contributed by atoms with Gasteiger partial charge in [0.25, 0.3) is 0 Å². The summed E-state index contributed by atoms with van der Waals surface area (Å²) in [7, 11) is 0. The molecule has 0 heterocycles. The van der Waals surface area contributed by atoms with Crippen molar-refractivity contribution in [2.75, 3.05) is 5.32 Å². The summed E-state index contributed by atoms with van der Waals surface area (Å²) in [5, 5.41) is 12.7. The molecular formula is C18H21NO. The van der Waals surface area contributed by atoms with E-state index in [-0.39, 0.29) is 6.61 Å². The Balaban J connectivity index is 1.59. The van der Waals surface area contributed by atoms with Gasteiger partial charge in [-0.25, -0.2) is 0 Å². The van der Waals surface area contributed by atoms with Crippen LogP contribution in [0.5, 0.6) is 0 Å². The van der Waals surface area contributed by atoms with E-state index in [0.717, 1.165) is 11.3 Å². The van der Waals surface area contributed by atoms with E-state index in [1.165, 1.54) is 24.0 Å². The first-order chi connectivity index (χ1) is 9.76. The number of anilines is 1. The van der Waals surface area contributed by atoms with Crippen molar-refractivity contribution in [3.8, 4) is 0 Å². The zero-order valence-corrected chi connectivity index (χ0v) is 11.8. The first kappa shape index (κ1) is 13.2. The Morgan fingerprint density at radius 1 is 1.10 bits per heavy atom. The Hall–Kier alpha value is -1.80. The van der Waals surface area contributed by atoms with Crippen LogP contribution in [-0.2, 0) is 6.61 Å². The average molecular weight is 267 g/mol. The van der Waals surface area contributed by atoms with Gasteiger partial charge in [0.15, 0.2) is 0 Å². The number of aryl methyl sites for hydroxylation is 1. The summed E-state index contributed by atoms with van der Waals surface area (Å²) in [5.41, 5.74) is 4.97. The van der Waals surface area contributed by atoms with Gasteiger partial charge in [-0.3, -0.25) is 0 Å². The second-order valence-corrected chi connectivity index (χ2v) is 5.72. The molecule has 0 aliphatic heterocycles. The van der Waals surface area contributed by atoms with Crippen LogP contribution in [0.25, 0.3) is 0 Å². The quantitative estimate of drug-likeness (QED) is 0.882. The highest BCUT2D eigenvalue weighted by atomic mass is 16.3. The molecule has 1 saturated carbocycles. The standard InChI is InChI=1S/C18H21NO/c1-13-5-2-3-8-18(13)15-10-17(11-15)19-16-7-4-6-14(9-16)12-20/h2-9,15,17,19-20H,10-12H2,1H3. The number of rotatable bonds is 4. The first-order valence-electron chi connectivity index (χ1n) is 7.28. The van der Waals surface area contributed by atoms with Crippen LogP contribution in [0.3, 0.4) is 0 Å². The van der Waals surface area contributed by atoms with Crippen LogP contribution in [0.2, 0.25) is 0 Å². The Kier molecular flexibility index (Phi) is 3.75. The minimum Gasteiger partial charge on any atom is -0.392 e. The molecule has 1 fully saturated rings. The summed E-state index contributed by atoms with van der Waals surface area (Å²) >= 11 is 0. The normalized spacial score (nSPS) is 21.3. The second kappa shape index (κ2) is 5.68. The van der Waals surface area contributed by atoms with Gasteiger partial charge in [-0.1, -0.05) is 36.4 Å². The molecule has 0 radical (unpaired) electrons. The number of aliphatic hydroxyl groups excluding tert-OH is 1. The van der Waals surface area contributed by atoms with E-state index in [9.17, 15) is 0 Å².